The van der Waals surface area contributed by atoms with Gasteiger partial charge in [0.25, 0.3) is 0 Å². The fraction of sp³-hybridized carbons (Fsp3) is 0.571. The minimum absolute atomic E-state index is 0.0464. The molecule has 1 aliphatic rings. The summed E-state index contributed by atoms with van der Waals surface area (Å²) in [6.45, 7) is 3.19. The van der Waals surface area contributed by atoms with E-state index in [-0.39, 0.29) is 24.6 Å². The van der Waals surface area contributed by atoms with E-state index in [1.165, 1.54) is 6.07 Å². The smallest absolute Gasteiger partial charge is 0.126 e. The zero-order chi connectivity index (χ0) is 13.0. The van der Waals surface area contributed by atoms with Crippen molar-refractivity contribution < 1.29 is 14.2 Å². The van der Waals surface area contributed by atoms with Crippen molar-refractivity contribution in [1.29, 1.82) is 0 Å². The Kier molecular flexibility index (Phi) is 4.69. The van der Waals surface area contributed by atoms with Crippen molar-refractivity contribution >= 4 is 0 Å². The van der Waals surface area contributed by atoms with Crippen molar-refractivity contribution in [2.45, 2.75) is 31.9 Å². The van der Waals surface area contributed by atoms with Crippen LogP contribution in [0.25, 0.3) is 0 Å². The van der Waals surface area contributed by atoms with Crippen LogP contribution in [-0.4, -0.2) is 31.0 Å². The molecule has 1 saturated heterocycles. The number of nitrogens with one attached hydrogen (secondary N) is 1. The van der Waals surface area contributed by atoms with E-state index in [0.717, 1.165) is 25.0 Å². The summed E-state index contributed by atoms with van der Waals surface area (Å²) in [6.07, 6.45) is 2.36. The van der Waals surface area contributed by atoms with Gasteiger partial charge in [-0.15, -0.1) is 0 Å². The molecule has 2 unspecified atom stereocenters. The van der Waals surface area contributed by atoms with E-state index in [2.05, 4.69) is 5.32 Å². The van der Waals surface area contributed by atoms with Crippen LogP contribution in [0.4, 0.5) is 4.39 Å². The molecule has 2 rings (SSSR count). The first-order valence-corrected chi connectivity index (χ1v) is 6.42. The molecule has 1 aromatic carbocycles. The van der Waals surface area contributed by atoms with Gasteiger partial charge in [0.2, 0.25) is 0 Å². The van der Waals surface area contributed by atoms with Gasteiger partial charge >= 0.3 is 0 Å². The van der Waals surface area contributed by atoms with E-state index in [9.17, 15) is 9.50 Å². The molecular formula is C14H20FNO2. The first-order chi connectivity index (χ1) is 8.70. The molecule has 0 spiro atoms. The highest BCUT2D eigenvalue weighted by molar-refractivity contribution is 5.25. The second-order valence-corrected chi connectivity index (χ2v) is 4.79. The number of benzene rings is 1. The second kappa shape index (κ2) is 6.27. The Bertz CT molecular complexity index is 391. The maximum Gasteiger partial charge on any atom is 0.126 e. The molecule has 1 aromatic rings. The first-order valence-electron chi connectivity index (χ1n) is 6.42. The lowest BCUT2D eigenvalue weighted by Crippen LogP contribution is -2.32. The standard InChI is InChI=1S/C14H20FNO2/c1-10-4-5-11(7-13(10)15)14(9-17)16-8-12-3-2-6-18-12/h4-5,7,12,14,16-17H,2-3,6,8-9H2,1H3. The van der Waals surface area contributed by atoms with E-state index in [4.69, 9.17) is 4.74 Å². The van der Waals surface area contributed by atoms with Crippen LogP contribution in [0.15, 0.2) is 18.2 Å². The van der Waals surface area contributed by atoms with Gasteiger partial charge < -0.3 is 15.2 Å². The van der Waals surface area contributed by atoms with Crippen LogP contribution in [-0.2, 0) is 4.74 Å². The molecule has 0 aliphatic carbocycles. The maximum absolute atomic E-state index is 13.5. The van der Waals surface area contributed by atoms with Gasteiger partial charge in [0.1, 0.15) is 5.82 Å². The van der Waals surface area contributed by atoms with Crippen LogP contribution in [0.5, 0.6) is 0 Å². The monoisotopic (exact) mass is 253 g/mol. The molecule has 100 valence electrons. The average Bonchev–Trinajstić information content (AvgIpc) is 2.87. The Morgan fingerprint density at radius 3 is 3.00 bits per heavy atom. The number of aryl methyl sites for hydroxylation is 1. The molecule has 18 heavy (non-hydrogen) atoms. The highest BCUT2D eigenvalue weighted by Gasteiger charge is 2.18. The quantitative estimate of drug-likeness (QED) is 0.842. The Morgan fingerprint density at radius 1 is 1.56 bits per heavy atom. The van der Waals surface area contributed by atoms with Gasteiger partial charge in [-0.1, -0.05) is 12.1 Å². The maximum atomic E-state index is 13.5. The zero-order valence-corrected chi connectivity index (χ0v) is 10.7. The number of ether oxygens (including phenoxy) is 1. The Morgan fingerprint density at radius 2 is 2.39 bits per heavy atom. The van der Waals surface area contributed by atoms with Gasteiger partial charge in [-0.05, 0) is 37.0 Å². The van der Waals surface area contributed by atoms with Crippen molar-refractivity contribution in [3.05, 3.63) is 35.1 Å². The number of halogens is 1. The number of hydrogen-bond donors (Lipinski definition) is 2. The van der Waals surface area contributed by atoms with Gasteiger partial charge in [-0.3, -0.25) is 0 Å². The molecule has 1 fully saturated rings. The van der Waals surface area contributed by atoms with Crippen LogP contribution < -0.4 is 5.32 Å². The molecule has 2 N–H and O–H groups in total. The van der Waals surface area contributed by atoms with Gasteiger partial charge in [0.05, 0.1) is 18.8 Å². The molecule has 0 aromatic heterocycles. The predicted octanol–water partition coefficient (Wildman–Crippen LogP) is 1.94. The summed E-state index contributed by atoms with van der Waals surface area (Å²) in [6, 6.07) is 4.84. The van der Waals surface area contributed by atoms with E-state index < -0.39 is 0 Å². The minimum Gasteiger partial charge on any atom is -0.394 e. The summed E-state index contributed by atoms with van der Waals surface area (Å²) in [7, 11) is 0. The Balaban J connectivity index is 1.96. The van der Waals surface area contributed by atoms with E-state index in [0.29, 0.717) is 12.1 Å². The predicted molar refractivity (Wildman–Crippen MR) is 67.9 cm³/mol. The molecule has 1 aliphatic heterocycles. The molecule has 3 nitrogen and oxygen atoms in total. The summed E-state index contributed by atoms with van der Waals surface area (Å²) in [5.74, 6) is -0.232. The SMILES string of the molecule is Cc1ccc(C(CO)NCC2CCCO2)cc1F. The first kappa shape index (κ1) is 13.5. The lowest BCUT2D eigenvalue weighted by Gasteiger charge is -2.19. The third-order valence-electron chi connectivity index (χ3n) is 3.40. The normalized spacial score (nSPS) is 21.2. The number of aliphatic hydroxyl groups excluding tert-OH is 1. The van der Waals surface area contributed by atoms with E-state index in [1.54, 1.807) is 13.0 Å². The molecule has 1 heterocycles. The van der Waals surface area contributed by atoms with E-state index >= 15 is 0 Å². The molecule has 2 atom stereocenters. The van der Waals surface area contributed by atoms with Crippen LogP contribution >= 0.6 is 0 Å². The van der Waals surface area contributed by atoms with Crippen molar-refractivity contribution in [2.24, 2.45) is 0 Å². The third kappa shape index (κ3) is 3.28. The van der Waals surface area contributed by atoms with Crippen LogP contribution in [0, 0.1) is 12.7 Å². The number of hydrogen-bond acceptors (Lipinski definition) is 3. The summed E-state index contributed by atoms with van der Waals surface area (Å²) in [5.41, 5.74) is 1.40. The van der Waals surface area contributed by atoms with Crippen molar-refractivity contribution in [1.82, 2.24) is 5.32 Å². The van der Waals surface area contributed by atoms with E-state index in [1.807, 2.05) is 6.07 Å². The average molecular weight is 253 g/mol. The van der Waals surface area contributed by atoms with Gasteiger partial charge in [-0.2, -0.15) is 0 Å². The second-order valence-electron chi connectivity index (χ2n) is 4.79. The van der Waals surface area contributed by atoms with Crippen LogP contribution in [0.2, 0.25) is 0 Å². The largest absolute Gasteiger partial charge is 0.394 e. The van der Waals surface area contributed by atoms with Crippen molar-refractivity contribution in [2.75, 3.05) is 19.8 Å². The molecule has 0 amide bonds. The van der Waals surface area contributed by atoms with Crippen LogP contribution in [0.3, 0.4) is 0 Å². The third-order valence-corrected chi connectivity index (χ3v) is 3.40. The molecule has 0 bridgehead atoms. The fourth-order valence-electron chi connectivity index (χ4n) is 2.19. The summed E-state index contributed by atoms with van der Waals surface area (Å²) < 4.78 is 19.0. The lowest BCUT2D eigenvalue weighted by atomic mass is 10.0. The van der Waals surface area contributed by atoms with Gasteiger partial charge in [0.15, 0.2) is 0 Å². The lowest BCUT2D eigenvalue weighted by molar-refractivity contribution is 0.104. The number of aliphatic hydroxyl groups is 1. The molecule has 4 heteroatoms. The fourth-order valence-corrected chi connectivity index (χ4v) is 2.19. The van der Waals surface area contributed by atoms with Gasteiger partial charge in [-0.25, -0.2) is 4.39 Å². The zero-order valence-electron chi connectivity index (χ0n) is 10.7. The summed E-state index contributed by atoms with van der Waals surface area (Å²) >= 11 is 0. The molecule has 0 radical (unpaired) electrons. The highest BCUT2D eigenvalue weighted by Crippen LogP contribution is 2.18. The topological polar surface area (TPSA) is 41.5 Å². The Labute approximate surface area is 107 Å². The minimum atomic E-state index is -0.232. The van der Waals surface area contributed by atoms with Crippen molar-refractivity contribution in [3.63, 3.8) is 0 Å². The molecular weight excluding hydrogens is 233 g/mol. The summed E-state index contributed by atoms with van der Waals surface area (Å²) in [4.78, 5) is 0. The van der Waals surface area contributed by atoms with Crippen LogP contribution in [0.1, 0.15) is 30.0 Å². The number of rotatable bonds is 5. The van der Waals surface area contributed by atoms with Crippen molar-refractivity contribution in [3.8, 4) is 0 Å². The Hall–Kier alpha value is -0.970. The molecule has 0 saturated carbocycles. The van der Waals surface area contributed by atoms with Gasteiger partial charge in [0, 0.05) is 13.2 Å². The highest BCUT2D eigenvalue weighted by atomic mass is 19.1. The summed E-state index contributed by atoms with van der Waals surface area (Å²) in [5, 5.41) is 12.6.